The van der Waals surface area contributed by atoms with E-state index in [1.165, 1.54) is 9.79 Å². The van der Waals surface area contributed by atoms with Crippen molar-refractivity contribution in [3.05, 3.63) is 48.5 Å². The average Bonchev–Trinajstić information content (AvgIpc) is 2.62. The Balaban J connectivity index is 1.81. The first-order valence-electron chi connectivity index (χ1n) is 8.68. The van der Waals surface area contributed by atoms with E-state index in [1.807, 2.05) is 38.1 Å². The van der Waals surface area contributed by atoms with Crippen molar-refractivity contribution in [2.45, 2.75) is 36.1 Å². The average molecular weight is 369 g/mol. The zero-order chi connectivity index (χ0) is 18.7. The highest BCUT2D eigenvalue weighted by molar-refractivity contribution is 7.99. The van der Waals surface area contributed by atoms with Gasteiger partial charge in [0.25, 0.3) is 0 Å². The first-order valence-corrected chi connectivity index (χ1v) is 9.50. The topological polar surface area (TPSA) is 66.6 Å². The first-order chi connectivity index (χ1) is 12.5. The van der Waals surface area contributed by atoms with Gasteiger partial charge in [-0.25, -0.2) is 0 Å². The SMILES string of the molecule is CC(C)N(CC(N)=O)C(=O)CCN1c2ccccc2Sc2ccccc21. The molecule has 0 saturated heterocycles. The number of anilines is 2. The van der Waals surface area contributed by atoms with E-state index in [2.05, 4.69) is 29.2 Å². The molecule has 0 fully saturated rings. The minimum atomic E-state index is -0.489. The fourth-order valence-corrected chi connectivity index (χ4v) is 4.20. The molecule has 1 aliphatic heterocycles. The maximum atomic E-state index is 12.7. The molecule has 136 valence electrons. The Morgan fingerprint density at radius 3 is 2.08 bits per heavy atom. The molecule has 2 aromatic rings. The van der Waals surface area contributed by atoms with E-state index in [0.29, 0.717) is 13.0 Å². The Hall–Kier alpha value is -2.47. The minimum Gasteiger partial charge on any atom is -0.368 e. The molecular weight excluding hydrogens is 346 g/mol. The second kappa shape index (κ2) is 7.83. The van der Waals surface area contributed by atoms with Gasteiger partial charge in [0.1, 0.15) is 0 Å². The predicted octanol–water partition coefficient (Wildman–Crippen LogP) is 3.40. The van der Waals surface area contributed by atoms with Crippen molar-refractivity contribution >= 4 is 35.0 Å². The predicted molar refractivity (Wildman–Crippen MR) is 105 cm³/mol. The highest BCUT2D eigenvalue weighted by atomic mass is 32.2. The molecule has 0 aromatic heterocycles. The van der Waals surface area contributed by atoms with E-state index in [-0.39, 0.29) is 18.5 Å². The Kier molecular flexibility index (Phi) is 5.52. The summed E-state index contributed by atoms with van der Waals surface area (Å²) in [4.78, 5) is 30.0. The van der Waals surface area contributed by atoms with E-state index in [4.69, 9.17) is 5.73 Å². The number of hydrogen-bond donors (Lipinski definition) is 1. The number of nitrogens with two attached hydrogens (primary N) is 1. The highest BCUT2D eigenvalue weighted by Crippen LogP contribution is 2.47. The number of amides is 2. The van der Waals surface area contributed by atoms with Crippen LogP contribution in [0.4, 0.5) is 11.4 Å². The molecule has 5 nitrogen and oxygen atoms in total. The van der Waals surface area contributed by atoms with Crippen LogP contribution in [0.25, 0.3) is 0 Å². The van der Waals surface area contributed by atoms with Crippen LogP contribution in [0.5, 0.6) is 0 Å². The van der Waals surface area contributed by atoms with E-state index in [9.17, 15) is 9.59 Å². The summed E-state index contributed by atoms with van der Waals surface area (Å²) < 4.78 is 0. The van der Waals surface area contributed by atoms with Gasteiger partial charge in [0.15, 0.2) is 0 Å². The van der Waals surface area contributed by atoms with Crippen molar-refractivity contribution in [2.75, 3.05) is 18.0 Å². The summed E-state index contributed by atoms with van der Waals surface area (Å²) in [6.07, 6.45) is 0.318. The standard InChI is InChI=1S/C20H23N3O2S/c1-14(2)23(13-19(21)24)20(25)11-12-22-15-7-3-5-9-17(15)26-18-10-6-4-8-16(18)22/h3-10,14H,11-13H2,1-2H3,(H2,21,24). The lowest BCUT2D eigenvalue weighted by Crippen LogP contribution is -2.43. The molecule has 3 rings (SSSR count). The lowest BCUT2D eigenvalue weighted by Gasteiger charge is -2.33. The number of rotatable bonds is 6. The maximum Gasteiger partial charge on any atom is 0.237 e. The van der Waals surface area contributed by atoms with Gasteiger partial charge in [0.05, 0.1) is 17.9 Å². The van der Waals surface area contributed by atoms with Crippen molar-refractivity contribution in [3.8, 4) is 0 Å². The molecule has 2 amide bonds. The van der Waals surface area contributed by atoms with Gasteiger partial charge in [-0.05, 0) is 38.1 Å². The second-order valence-corrected chi connectivity index (χ2v) is 7.60. The zero-order valence-corrected chi connectivity index (χ0v) is 15.8. The van der Waals surface area contributed by atoms with E-state index in [1.54, 1.807) is 16.7 Å². The summed E-state index contributed by atoms with van der Waals surface area (Å²) >= 11 is 1.74. The first kappa shape index (κ1) is 18.3. The van der Waals surface area contributed by atoms with E-state index >= 15 is 0 Å². The second-order valence-electron chi connectivity index (χ2n) is 6.52. The summed E-state index contributed by atoms with van der Waals surface area (Å²) in [6, 6.07) is 16.3. The number of fused-ring (bicyclic) bond motifs is 2. The Bertz CT molecular complexity index is 777. The fourth-order valence-electron chi connectivity index (χ4n) is 3.10. The van der Waals surface area contributed by atoms with Crippen molar-refractivity contribution in [1.29, 1.82) is 0 Å². The number of benzene rings is 2. The molecule has 0 aliphatic carbocycles. The normalized spacial score (nSPS) is 12.5. The van der Waals surface area contributed by atoms with Crippen LogP contribution >= 0.6 is 11.8 Å². The Labute approximate surface area is 158 Å². The molecule has 0 spiro atoms. The molecule has 0 atom stereocenters. The minimum absolute atomic E-state index is 0.0421. The van der Waals surface area contributed by atoms with Crippen LogP contribution in [0.1, 0.15) is 20.3 Å². The van der Waals surface area contributed by atoms with Crippen LogP contribution in [0, 0.1) is 0 Å². The van der Waals surface area contributed by atoms with Gasteiger partial charge in [-0.2, -0.15) is 0 Å². The van der Waals surface area contributed by atoms with Crippen LogP contribution in [0.3, 0.4) is 0 Å². The molecule has 2 N–H and O–H groups in total. The van der Waals surface area contributed by atoms with E-state index in [0.717, 1.165) is 11.4 Å². The van der Waals surface area contributed by atoms with Gasteiger partial charge in [0.2, 0.25) is 11.8 Å². The zero-order valence-electron chi connectivity index (χ0n) is 15.0. The number of hydrogen-bond acceptors (Lipinski definition) is 4. The summed E-state index contributed by atoms with van der Waals surface area (Å²) in [7, 11) is 0. The van der Waals surface area contributed by atoms with Crippen molar-refractivity contribution in [2.24, 2.45) is 5.73 Å². The third-order valence-electron chi connectivity index (χ3n) is 4.35. The van der Waals surface area contributed by atoms with Gasteiger partial charge in [-0.15, -0.1) is 0 Å². The summed E-state index contributed by atoms with van der Waals surface area (Å²) in [5, 5.41) is 0. The quantitative estimate of drug-likeness (QED) is 0.847. The smallest absolute Gasteiger partial charge is 0.237 e. The van der Waals surface area contributed by atoms with Gasteiger partial charge < -0.3 is 15.5 Å². The van der Waals surface area contributed by atoms with Gasteiger partial charge in [-0.1, -0.05) is 36.0 Å². The van der Waals surface area contributed by atoms with Crippen LogP contribution in [-0.2, 0) is 9.59 Å². The van der Waals surface area contributed by atoms with Crippen molar-refractivity contribution in [3.63, 3.8) is 0 Å². The van der Waals surface area contributed by atoms with Crippen LogP contribution in [-0.4, -0.2) is 35.8 Å². The van der Waals surface area contributed by atoms with Gasteiger partial charge >= 0.3 is 0 Å². The molecule has 26 heavy (non-hydrogen) atoms. The molecule has 0 saturated carbocycles. The lowest BCUT2D eigenvalue weighted by molar-refractivity contribution is -0.136. The van der Waals surface area contributed by atoms with Gasteiger partial charge in [0, 0.05) is 28.8 Å². The number of nitrogens with zero attached hydrogens (tertiary/aromatic N) is 2. The van der Waals surface area contributed by atoms with E-state index < -0.39 is 5.91 Å². The largest absolute Gasteiger partial charge is 0.368 e. The molecular formula is C20H23N3O2S. The number of carbonyl (C=O) groups is 2. The number of primary amides is 1. The molecule has 1 heterocycles. The van der Waals surface area contributed by atoms with Crippen LogP contribution < -0.4 is 10.6 Å². The van der Waals surface area contributed by atoms with Crippen LogP contribution in [0.2, 0.25) is 0 Å². The third kappa shape index (κ3) is 3.85. The molecule has 6 heteroatoms. The molecule has 0 radical (unpaired) electrons. The molecule has 1 aliphatic rings. The van der Waals surface area contributed by atoms with Crippen LogP contribution in [0.15, 0.2) is 58.3 Å². The Morgan fingerprint density at radius 1 is 1.04 bits per heavy atom. The van der Waals surface area contributed by atoms with Gasteiger partial charge in [-0.3, -0.25) is 9.59 Å². The molecule has 2 aromatic carbocycles. The van der Waals surface area contributed by atoms with Crippen molar-refractivity contribution in [1.82, 2.24) is 4.90 Å². The maximum absolute atomic E-state index is 12.7. The highest BCUT2D eigenvalue weighted by Gasteiger charge is 2.25. The fraction of sp³-hybridized carbons (Fsp3) is 0.300. The van der Waals surface area contributed by atoms with Crippen molar-refractivity contribution < 1.29 is 9.59 Å². The monoisotopic (exact) mass is 369 g/mol. The summed E-state index contributed by atoms with van der Waals surface area (Å²) in [6.45, 7) is 4.29. The Morgan fingerprint density at radius 2 is 1.58 bits per heavy atom. The number of para-hydroxylation sites is 2. The number of carbonyl (C=O) groups excluding carboxylic acids is 2. The molecule has 0 bridgehead atoms. The third-order valence-corrected chi connectivity index (χ3v) is 5.48. The molecule has 0 unspecified atom stereocenters. The lowest BCUT2D eigenvalue weighted by atomic mass is 10.2. The summed E-state index contributed by atoms with van der Waals surface area (Å²) in [5.41, 5.74) is 7.50. The summed E-state index contributed by atoms with van der Waals surface area (Å²) in [5.74, 6) is -0.552.